The first kappa shape index (κ1) is 18.8. The average molecular weight is 393 g/mol. The van der Waals surface area contributed by atoms with Crippen molar-refractivity contribution >= 4 is 34.1 Å². The Kier molecular flexibility index (Phi) is 5.07. The minimum atomic E-state index is -0.539. The van der Waals surface area contributed by atoms with Crippen LogP contribution >= 0.6 is 0 Å². The van der Waals surface area contributed by atoms with Crippen LogP contribution in [0.4, 0.5) is 11.4 Å². The third-order valence-corrected chi connectivity index (χ3v) is 5.21. The molecular weight excluding hydrogens is 370 g/mol. The van der Waals surface area contributed by atoms with Gasteiger partial charge in [0.1, 0.15) is 5.75 Å². The Morgan fingerprint density at radius 3 is 2.66 bits per heavy atom. The highest BCUT2D eigenvalue weighted by Crippen LogP contribution is 2.31. The molecule has 29 heavy (non-hydrogen) atoms. The summed E-state index contributed by atoms with van der Waals surface area (Å²) >= 11 is 0. The van der Waals surface area contributed by atoms with Crippen molar-refractivity contribution in [3.63, 3.8) is 0 Å². The van der Waals surface area contributed by atoms with Crippen LogP contribution < -0.4 is 20.7 Å². The molecule has 3 aromatic rings. The molecular formula is C21H23N5O3. The minimum Gasteiger partial charge on any atom is -0.497 e. The van der Waals surface area contributed by atoms with E-state index in [1.165, 1.54) is 6.42 Å². The van der Waals surface area contributed by atoms with E-state index in [-0.39, 0.29) is 11.6 Å². The number of rotatable bonds is 5. The molecule has 0 bridgehead atoms. The standard InChI is InChI=1S/C21H23N5O3/c1-29-14-6-7-15-16(12-14)24-25-19(15)21(28)23-17-11-13(20(22)27)5-8-18(17)26-9-3-2-4-10-26/h5-8,11-12H,2-4,9-10H2,1H3,(H2,22,27)(H,23,28)(H,24,25). The summed E-state index contributed by atoms with van der Waals surface area (Å²) in [5.74, 6) is -0.223. The van der Waals surface area contributed by atoms with E-state index < -0.39 is 5.91 Å². The first-order chi connectivity index (χ1) is 14.1. The van der Waals surface area contributed by atoms with E-state index in [1.807, 2.05) is 6.07 Å². The van der Waals surface area contributed by atoms with Gasteiger partial charge in [-0.05, 0) is 49.6 Å². The van der Waals surface area contributed by atoms with Crippen LogP contribution in [0.3, 0.4) is 0 Å². The third-order valence-electron chi connectivity index (χ3n) is 5.21. The zero-order valence-electron chi connectivity index (χ0n) is 16.2. The number of H-pyrrole nitrogens is 1. The molecule has 150 valence electrons. The molecule has 0 saturated carbocycles. The second kappa shape index (κ2) is 7.83. The highest BCUT2D eigenvalue weighted by atomic mass is 16.5. The molecule has 8 nitrogen and oxygen atoms in total. The molecule has 2 aromatic carbocycles. The number of anilines is 2. The van der Waals surface area contributed by atoms with Crippen molar-refractivity contribution in [3.05, 3.63) is 47.7 Å². The number of hydrogen-bond acceptors (Lipinski definition) is 5. The Hall–Kier alpha value is -3.55. The number of carbonyl (C=O) groups excluding carboxylic acids is 2. The molecule has 1 fully saturated rings. The molecule has 0 aliphatic carbocycles. The van der Waals surface area contributed by atoms with E-state index in [2.05, 4.69) is 20.4 Å². The van der Waals surface area contributed by atoms with Crippen LogP contribution in [0, 0.1) is 0 Å². The van der Waals surface area contributed by atoms with Gasteiger partial charge in [-0.1, -0.05) is 0 Å². The second-order valence-corrected chi connectivity index (χ2v) is 7.08. The summed E-state index contributed by atoms with van der Waals surface area (Å²) in [6.45, 7) is 1.81. The summed E-state index contributed by atoms with van der Waals surface area (Å²) in [6, 6.07) is 10.5. The predicted molar refractivity (Wildman–Crippen MR) is 112 cm³/mol. The van der Waals surface area contributed by atoms with Crippen LogP contribution in [0.25, 0.3) is 10.9 Å². The second-order valence-electron chi connectivity index (χ2n) is 7.08. The fourth-order valence-corrected chi connectivity index (χ4v) is 3.68. The molecule has 0 atom stereocenters. The van der Waals surface area contributed by atoms with Crippen molar-refractivity contribution < 1.29 is 14.3 Å². The minimum absolute atomic E-state index is 0.275. The molecule has 0 spiro atoms. The number of piperidine rings is 1. The zero-order chi connectivity index (χ0) is 20.4. The number of carbonyl (C=O) groups is 2. The first-order valence-corrected chi connectivity index (χ1v) is 9.59. The summed E-state index contributed by atoms with van der Waals surface area (Å²) in [7, 11) is 1.58. The van der Waals surface area contributed by atoms with Crippen molar-refractivity contribution in [1.29, 1.82) is 0 Å². The number of nitrogens with two attached hydrogens (primary N) is 1. The molecule has 8 heteroatoms. The van der Waals surface area contributed by atoms with Gasteiger partial charge in [0.2, 0.25) is 5.91 Å². The van der Waals surface area contributed by atoms with Crippen LogP contribution in [0.2, 0.25) is 0 Å². The number of nitrogens with one attached hydrogen (secondary N) is 2. The van der Waals surface area contributed by atoms with Crippen LogP contribution in [0.5, 0.6) is 5.75 Å². The van der Waals surface area contributed by atoms with E-state index in [0.717, 1.165) is 31.6 Å². The normalized spacial score (nSPS) is 14.0. The summed E-state index contributed by atoms with van der Waals surface area (Å²) < 4.78 is 5.21. The van der Waals surface area contributed by atoms with Crippen LogP contribution in [-0.4, -0.2) is 42.2 Å². The predicted octanol–water partition coefficient (Wildman–Crippen LogP) is 2.91. The number of hydrogen-bond donors (Lipinski definition) is 3. The number of amides is 2. The van der Waals surface area contributed by atoms with Gasteiger partial charge >= 0.3 is 0 Å². The van der Waals surface area contributed by atoms with Crippen molar-refractivity contribution in [2.75, 3.05) is 30.4 Å². The number of aromatic nitrogens is 2. The van der Waals surface area contributed by atoms with Crippen molar-refractivity contribution in [2.24, 2.45) is 5.73 Å². The topological polar surface area (TPSA) is 113 Å². The largest absolute Gasteiger partial charge is 0.497 e. The van der Waals surface area contributed by atoms with Gasteiger partial charge in [0.15, 0.2) is 5.69 Å². The van der Waals surface area contributed by atoms with Crippen LogP contribution in [0.15, 0.2) is 36.4 Å². The molecule has 1 aliphatic rings. The van der Waals surface area contributed by atoms with Crippen LogP contribution in [0.1, 0.15) is 40.1 Å². The molecule has 1 aromatic heterocycles. The SMILES string of the molecule is COc1ccc2c(C(=O)Nc3cc(C(N)=O)ccc3N3CCCCC3)n[nH]c2c1. The molecule has 0 radical (unpaired) electrons. The zero-order valence-corrected chi connectivity index (χ0v) is 16.2. The maximum absolute atomic E-state index is 13.0. The quantitative estimate of drug-likeness (QED) is 0.617. The Bertz CT molecular complexity index is 1070. The van der Waals surface area contributed by atoms with E-state index in [0.29, 0.717) is 27.9 Å². The van der Waals surface area contributed by atoms with E-state index >= 15 is 0 Å². The van der Waals surface area contributed by atoms with Crippen molar-refractivity contribution in [2.45, 2.75) is 19.3 Å². The summed E-state index contributed by atoms with van der Waals surface area (Å²) in [4.78, 5) is 26.9. The molecule has 2 heterocycles. The Morgan fingerprint density at radius 2 is 1.93 bits per heavy atom. The number of fused-ring (bicyclic) bond motifs is 1. The van der Waals surface area contributed by atoms with Gasteiger partial charge in [-0.2, -0.15) is 5.10 Å². The van der Waals surface area contributed by atoms with E-state index in [9.17, 15) is 9.59 Å². The van der Waals surface area contributed by atoms with E-state index in [1.54, 1.807) is 37.4 Å². The third kappa shape index (κ3) is 3.73. The molecule has 4 rings (SSSR count). The maximum Gasteiger partial charge on any atom is 0.276 e. The fraction of sp³-hybridized carbons (Fsp3) is 0.286. The lowest BCUT2D eigenvalue weighted by molar-refractivity contribution is 0.0995. The number of nitrogens with zero attached hydrogens (tertiary/aromatic N) is 2. The molecule has 0 unspecified atom stereocenters. The monoisotopic (exact) mass is 393 g/mol. The van der Waals surface area contributed by atoms with Crippen LogP contribution in [-0.2, 0) is 0 Å². The van der Waals surface area contributed by atoms with Gasteiger partial charge in [-0.15, -0.1) is 0 Å². The molecule has 1 saturated heterocycles. The van der Waals surface area contributed by atoms with Gasteiger partial charge < -0.3 is 20.7 Å². The van der Waals surface area contributed by atoms with Gasteiger partial charge in [0.25, 0.3) is 5.91 Å². The van der Waals surface area contributed by atoms with Gasteiger partial charge in [0.05, 0.1) is 24.0 Å². The lowest BCUT2D eigenvalue weighted by atomic mass is 10.1. The lowest BCUT2D eigenvalue weighted by Crippen LogP contribution is -2.30. The van der Waals surface area contributed by atoms with Crippen molar-refractivity contribution in [3.8, 4) is 5.75 Å². The lowest BCUT2D eigenvalue weighted by Gasteiger charge is -2.30. The molecule has 2 amide bonds. The summed E-state index contributed by atoms with van der Waals surface area (Å²) in [6.07, 6.45) is 3.38. The van der Waals surface area contributed by atoms with Gasteiger partial charge in [-0.3, -0.25) is 14.7 Å². The first-order valence-electron chi connectivity index (χ1n) is 9.59. The Balaban J connectivity index is 1.68. The highest BCUT2D eigenvalue weighted by molar-refractivity contribution is 6.12. The Morgan fingerprint density at radius 1 is 1.14 bits per heavy atom. The number of benzene rings is 2. The number of aromatic amines is 1. The smallest absolute Gasteiger partial charge is 0.276 e. The maximum atomic E-state index is 13.0. The summed E-state index contributed by atoms with van der Waals surface area (Å²) in [5, 5.41) is 10.6. The Labute approximate surface area is 168 Å². The highest BCUT2D eigenvalue weighted by Gasteiger charge is 2.20. The molecule has 1 aliphatic heterocycles. The number of ether oxygens (including phenoxy) is 1. The number of primary amides is 1. The van der Waals surface area contributed by atoms with Crippen molar-refractivity contribution in [1.82, 2.24) is 10.2 Å². The van der Waals surface area contributed by atoms with Gasteiger partial charge in [-0.25, -0.2) is 0 Å². The van der Waals surface area contributed by atoms with Gasteiger partial charge in [0, 0.05) is 30.1 Å². The number of methoxy groups -OCH3 is 1. The average Bonchev–Trinajstić information content (AvgIpc) is 3.17. The van der Waals surface area contributed by atoms with E-state index in [4.69, 9.17) is 10.5 Å². The fourth-order valence-electron chi connectivity index (χ4n) is 3.68. The molecule has 4 N–H and O–H groups in total. The summed E-state index contributed by atoms with van der Waals surface area (Å²) in [5.41, 5.74) is 8.20.